The molecule has 0 spiro atoms. The van der Waals surface area contributed by atoms with Gasteiger partial charge in [0, 0.05) is 67.4 Å². The van der Waals surface area contributed by atoms with Crippen molar-refractivity contribution in [3.05, 3.63) is 86.5 Å². The maximum Gasteiger partial charge on any atom is 0.258 e. The highest BCUT2D eigenvalue weighted by Crippen LogP contribution is 2.24. The second-order valence-corrected chi connectivity index (χ2v) is 9.49. The van der Waals surface area contributed by atoms with E-state index in [0.29, 0.717) is 19.6 Å². The van der Waals surface area contributed by atoms with Gasteiger partial charge in [0.1, 0.15) is 0 Å². The second kappa shape index (κ2) is 8.61. The van der Waals surface area contributed by atoms with Crippen molar-refractivity contribution in [3.8, 4) is 5.69 Å². The van der Waals surface area contributed by atoms with Crippen LogP contribution in [-0.2, 0) is 6.54 Å². The molecule has 5 rings (SSSR count). The summed E-state index contributed by atoms with van der Waals surface area (Å²) >= 11 is 1.46. The number of carbonyl (C=O) groups is 1. The van der Waals surface area contributed by atoms with Crippen LogP contribution < -0.4 is 5.56 Å². The minimum absolute atomic E-state index is 0.0472. The van der Waals surface area contributed by atoms with E-state index < -0.39 is 0 Å². The van der Waals surface area contributed by atoms with Crippen LogP contribution in [-0.4, -0.2) is 55.8 Å². The van der Waals surface area contributed by atoms with E-state index in [4.69, 9.17) is 0 Å². The molecule has 1 aromatic carbocycles. The average Bonchev–Trinajstić information content (AvgIpc) is 3.39. The lowest BCUT2D eigenvalue weighted by Gasteiger charge is -2.34. The fourth-order valence-electron chi connectivity index (χ4n) is 4.64. The topological polar surface area (TPSA) is 62.9 Å². The number of thiazole rings is 1. The van der Waals surface area contributed by atoms with Crippen LogP contribution in [0.15, 0.2) is 52.8 Å². The first-order chi connectivity index (χ1) is 15.9. The SMILES string of the molecule is Cc1ccccc1-n1c(C)cc(C(=O)N2CCN(Cc3cc(=O)n4ccsc4n3)CC2)c1C. The van der Waals surface area contributed by atoms with Crippen LogP contribution in [0, 0.1) is 20.8 Å². The standard InChI is InChI=1S/C25H27N5O2S/c1-17-6-4-5-7-22(17)30-18(2)14-21(19(30)3)24(32)28-10-8-27(9-11-28)16-20-15-23(31)29-12-13-33-25(29)26-20/h4-7,12-15H,8-11,16H2,1-3H3. The molecular weight excluding hydrogens is 434 g/mol. The number of carbonyl (C=O) groups excluding carboxylic acids is 1. The quantitative estimate of drug-likeness (QED) is 0.467. The molecule has 170 valence electrons. The number of hydrogen-bond acceptors (Lipinski definition) is 5. The second-order valence-electron chi connectivity index (χ2n) is 8.62. The largest absolute Gasteiger partial charge is 0.336 e. The third-order valence-corrected chi connectivity index (χ3v) is 7.18. The molecule has 4 aromatic rings. The Morgan fingerprint density at radius 3 is 2.58 bits per heavy atom. The van der Waals surface area contributed by atoms with E-state index in [2.05, 4.69) is 33.5 Å². The van der Waals surface area contributed by atoms with Crippen molar-refractivity contribution in [2.45, 2.75) is 27.3 Å². The Labute approximate surface area is 196 Å². The number of benzene rings is 1. The van der Waals surface area contributed by atoms with Gasteiger partial charge in [0.25, 0.3) is 11.5 Å². The van der Waals surface area contributed by atoms with Crippen LogP contribution in [0.5, 0.6) is 0 Å². The van der Waals surface area contributed by atoms with Gasteiger partial charge in [0.15, 0.2) is 4.96 Å². The fraction of sp³-hybridized carbons (Fsp3) is 0.320. The number of aryl methyl sites for hydroxylation is 2. The monoisotopic (exact) mass is 461 g/mol. The molecule has 1 aliphatic rings. The first-order valence-electron chi connectivity index (χ1n) is 11.1. The van der Waals surface area contributed by atoms with Crippen molar-refractivity contribution >= 4 is 22.2 Å². The van der Waals surface area contributed by atoms with Crippen molar-refractivity contribution < 1.29 is 4.79 Å². The number of rotatable bonds is 4. The van der Waals surface area contributed by atoms with E-state index in [1.165, 1.54) is 16.9 Å². The van der Waals surface area contributed by atoms with E-state index in [1.54, 1.807) is 16.7 Å². The number of aromatic nitrogens is 3. The summed E-state index contributed by atoms with van der Waals surface area (Å²) in [4.78, 5) is 35.1. The molecule has 33 heavy (non-hydrogen) atoms. The van der Waals surface area contributed by atoms with Crippen LogP contribution in [0.4, 0.5) is 0 Å². The molecule has 0 N–H and O–H groups in total. The van der Waals surface area contributed by atoms with E-state index in [1.807, 2.05) is 42.3 Å². The highest BCUT2D eigenvalue weighted by molar-refractivity contribution is 7.15. The molecule has 0 atom stereocenters. The number of amides is 1. The summed E-state index contributed by atoms with van der Waals surface area (Å²) in [5, 5.41) is 1.87. The average molecular weight is 462 g/mol. The Morgan fingerprint density at radius 2 is 1.82 bits per heavy atom. The van der Waals surface area contributed by atoms with Gasteiger partial charge in [-0.3, -0.25) is 18.9 Å². The third kappa shape index (κ3) is 4.00. The maximum absolute atomic E-state index is 13.4. The van der Waals surface area contributed by atoms with E-state index in [-0.39, 0.29) is 11.5 Å². The molecule has 1 aliphatic heterocycles. The van der Waals surface area contributed by atoms with Crippen molar-refractivity contribution in [1.29, 1.82) is 0 Å². The van der Waals surface area contributed by atoms with E-state index in [9.17, 15) is 9.59 Å². The zero-order valence-electron chi connectivity index (χ0n) is 19.1. The third-order valence-electron chi connectivity index (χ3n) is 6.42. The molecule has 1 fully saturated rings. The molecule has 0 saturated carbocycles. The highest BCUT2D eigenvalue weighted by Gasteiger charge is 2.26. The molecule has 1 saturated heterocycles. The van der Waals surface area contributed by atoms with Crippen LogP contribution in [0.25, 0.3) is 10.6 Å². The molecule has 0 unspecified atom stereocenters. The van der Waals surface area contributed by atoms with Gasteiger partial charge >= 0.3 is 0 Å². The van der Waals surface area contributed by atoms with Crippen LogP contribution in [0.1, 0.15) is 33.0 Å². The zero-order chi connectivity index (χ0) is 23.1. The van der Waals surface area contributed by atoms with Crippen LogP contribution in [0.2, 0.25) is 0 Å². The van der Waals surface area contributed by atoms with Gasteiger partial charge in [-0.2, -0.15) is 0 Å². The Balaban J connectivity index is 1.28. The first kappa shape index (κ1) is 21.6. The normalized spacial score (nSPS) is 14.8. The lowest BCUT2D eigenvalue weighted by Crippen LogP contribution is -2.48. The lowest BCUT2D eigenvalue weighted by molar-refractivity contribution is 0.0626. The summed E-state index contributed by atoms with van der Waals surface area (Å²) in [7, 11) is 0. The van der Waals surface area contributed by atoms with Gasteiger partial charge in [-0.15, -0.1) is 11.3 Å². The highest BCUT2D eigenvalue weighted by atomic mass is 32.1. The van der Waals surface area contributed by atoms with Gasteiger partial charge < -0.3 is 9.47 Å². The summed E-state index contributed by atoms with van der Waals surface area (Å²) in [5.41, 5.74) is 5.83. The smallest absolute Gasteiger partial charge is 0.258 e. The zero-order valence-corrected chi connectivity index (χ0v) is 19.9. The predicted molar refractivity (Wildman–Crippen MR) is 130 cm³/mol. The summed E-state index contributed by atoms with van der Waals surface area (Å²) in [6.07, 6.45) is 1.75. The summed E-state index contributed by atoms with van der Waals surface area (Å²) < 4.78 is 3.74. The van der Waals surface area contributed by atoms with Crippen LogP contribution in [0.3, 0.4) is 0 Å². The van der Waals surface area contributed by atoms with Crippen molar-refractivity contribution in [2.75, 3.05) is 26.2 Å². The minimum Gasteiger partial charge on any atom is -0.336 e. The molecule has 7 nitrogen and oxygen atoms in total. The van der Waals surface area contributed by atoms with Gasteiger partial charge in [0.2, 0.25) is 0 Å². The molecule has 8 heteroatoms. The maximum atomic E-state index is 13.4. The summed E-state index contributed by atoms with van der Waals surface area (Å²) in [6.45, 7) is 9.62. The molecular formula is C25H27N5O2S. The summed E-state index contributed by atoms with van der Waals surface area (Å²) in [5.74, 6) is 0.0824. The molecule has 3 aromatic heterocycles. The molecule has 1 amide bonds. The number of hydrogen-bond donors (Lipinski definition) is 0. The van der Waals surface area contributed by atoms with Gasteiger partial charge in [-0.05, 0) is 38.5 Å². The van der Waals surface area contributed by atoms with Gasteiger partial charge in [-0.1, -0.05) is 18.2 Å². The lowest BCUT2D eigenvalue weighted by atomic mass is 10.1. The Kier molecular flexibility index (Phi) is 5.64. The molecule has 4 heterocycles. The van der Waals surface area contributed by atoms with Crippen molar-refractivity contribution in [2.24, 2.45) is 0 Å². The van der Waals surface area contributed by atoms with Crippen LogP contribution >= 0.6 is 11.3 Å². The van der Waals surface area contributed by atoms with E-state index >= 15 is 0 Å². The van der Waals surface area contributed by atoms with E-state index in [0.717, 1.165) is 46.4 Å². The minimum atomic E-state index is -0.0472. The van der Waals surface area contributed by atoms with Gasteiger partial charge in [0.05, 0.1) is 11.3 Å². The number of piperazine rings is 1. The van der Waals surface area contributed by atoms with Crippen molar-refractivity contribution in [3.63, 3.8) is 0 Å². The molecule has 0 aliphatic carbocycles. The molecule has 0 bridgehead atoms. The Hall–Kier alpha value is -3.23. The van der Waals surface area contributed by atoms with Gasteiger partial charge in [-0.25, -0.2) is 4.98 Å². The first-order valence-corrected chi connectivity index (χ1v) is 12.0. The number of fused-ring (bicyclic) bond motifs is 1. The number of nitrogens with zero attached hydrogens (tertiary/aromatic N) is 5. The Morgan fingerprint density at radius 1 is 1.06 bits per heavy atom. The number of para-hydroxylation sites is 1. The Bertz CT molecular complexity index is 1390. The fourth-order valence-corrected chi connectivity index (χ4v) is 5.38. The predicted octanol–water partition coefficient (Wildman–Crippen LogP) is 3.43. The molecule has 0 radical (unpaired) electrons. The summed E-state index contributed by atoms with van der Waals surface area (Å²) in [6, 6.07) is 11.9. The van der Waals surface area contributed by atoms with Crippen molar-refractivity contribution in [1.82, 2.24) is 23.8 Å².